The van der Waals surface area contributed by atoms with Crippen molar-refractivity contribution < 1.29 is 14.3 Å². The maximum Gasteiger partial charge on any atom is 0.255 e. The molecule has 27 heavy (non-hydrogen) atoms. The fourth-order valence-corrected chi connectivity index (χ4v) is 2.99. The summed E-state index contributed by atoms with van der Waals surface area (Å²) in [6, 6.07) is 15.0. The summed E-state index contributed by atoms with van der Waals surface area (Å²) in [5.74, 6) is 1.22. The van der Waals surface area contributed by atoms with Gasteiger partial charge in [0.05, 0.1) is 43.4 Å². The minimum absolute atomic E-state index is 0.188. The van der Waals surface area contributed by atoms with E-state index in [1.165, 1.54) is 0 Å². The molecule has 6 heteroatoms. The summed E-state index contributed by atoms with van der Waals surface area (Å²) in [5.41, 5.74) is 3.07. The van der Waals surface area contributed by atoms with Crippen LogP contribution in [0.15, 0.2) is 54.7 Å². The van der Waals surface area contributed by atoms with Crippen LogP contribution in [-0.2, 0) is 0 Å². The first-order valence-electron chi connectivity index (χ1n) is 8.68. The van der Waals surface area contributed by atoms with Gasteiger partial charge in [-0.2, -0.15) is 5.10 Å². The number of carbonyl (C=O) groups excluding carboxylic acids is 1. The molecule has 0 bridgehead atoms. The van der Waals surface area contributed by atoms with Crippen molar-refractivity contribution in [2.75, 3.05) is 14.2 Å². The minimum atomic E-state index is -0.262. The highest BCUT2D eigenvalue weighted by atomic mass is 16.5. The van der Waals surface area contributed by atoms with Crippen LogP contribution in [0.3, 0.4) is 0 Å². The lowest BCUT2D eigenvalue weighted by Gasteiger charge is -2.18. The van der Waals surface area contributed by atoms with Crippen molar-refractivity contribution in [3.63, 3.8) is 0 Å². The van der Waals surface area contributed by atoms with E-state index < -0.39 is 0 Å². The van der Waals surface area contributed by atoms with Crippen LogP contribution in [0.1, 0.15) is 34.6 Å². The van der Waals surface area contributed by atoms with E-state index in [4.69, 9.17) is 9.47 Å². The molecule has 1 N–H and O–H groups in total. The Hall–Kier alpha value is -3.28. The smallest absolute Gasteiger partial charge is 0.255 e. The summed E-state index contributed by atoms with van der Waals surface area (Å²) in [7, 11) is 3.21. The summed E-state index contributed by atoms with van der Waals surface area (Å²) in [4.78, 5) is 12.8. The third kappa shape index (κ3) is 3.79. The third-order valence-corrected chi connectivity index (χ3v) is 4.51. The Morgan fingerprint density at radius 2 is 1.85 bits per heavy atom. The molecule has 0 saturated heterocycles. The highest BCUT2D eigenvalue weighted by Gasteiger charge is 2.20. The molecule has 140 valence electrons. The van der Waals surface area contributed by atoms with Gasteiger partial charge in [0.15, 0.2) is 0 Å². The van der Waals surface area contributed by atoms with E-state index in [1.54, 1.807) is 25.1 Å². The number of rotatable bonds is 6. The highest BCUT2D eigenvalue weighted by molar-refractivity contribution is 5.95. The summed E-state index contributed by atoms with van der Waals surface area (Å²) >= 11 is 0. The molecule has 1 atom stereocenters. The second kappa shape index (κ2) is 7.95. The number of para-hydroxylation sites is 1. The number of carbonyl (C=O) groups is 1. The molecule has 2 aromatic carbocycles. The lowest BCUT2D eigenvalue weighted by Crippen LogP contribution is -2.27. The van der Waals surface area contributed by atoms with E-state index in [1.807, 2.05) is 62.4 Å². The van der Waals surface area contributed by atoms with Crippen molar-refractivity contribution in [1.82, 2.24) is 15.1 Å². The second-order valence-corrected chi connectivity index (χ2v) is 6.19. The second-order valence-electron chi connectivity index (χ2n) is 6.19. The Bertz CT molecular complexity index is 935. The summed E-state index contributed by atoms with van der Waals surface area (Å²) in [5, 5.41) is 7.38. The van der Waals surface area contributed by atoms with Gasteiger partial charge in [-0.05, 0) is 44.2 Å². The fourth-order valence-electron chi connectivity index (χ4n) is 2.99. The molecule has 3 aromatic rings. The Labute approximate surface area is 158 Å². The largest absolute Gasteiger partial charge is 0.497 e. The molecule has 0 radical (unpaired) electrons. The number of methoxy groups -OCH3 is 2. The Kier molecular flexibility index (Phi) is 5.45. The van der Waals surface area contributed by atoms with Gasteiger partial charge in [-0.1, -0.05) is 18.2 Å². The van der Waals surface area contributed by atoms with Gasteiger partial charge >= 0.3 is 0 Å². The van der Waals surface area contributed by atoms with Crippen molar-refractivity contribution in [2.24, 2.45) is 0 Å². The van der Waals surface area contributed by atoms with Crippen LogP contribution >= 0.6 is 0 Å². The molecule has 0 aliphatic carbocycles. The topological polar surface area (TPSA) is 65.4 Å². The van der Waals surface area contributed by atoms with Crippen LogP contribution in [-0.4, -0.2) is 29.9 Å². The molecule has 6 nitrogen and oxygen atoms in total. The van der Waals surface area contributed by atoms with Gasteiger partial charge in [0.2, 0.25) is 0 Å². The minimum Gasteiger partial charge on any atom is -0.497 e. The van der Waals surface area contributed by atoms with E-state index in [0.717, 1.165) is 16.9 Å². The molecule has 3 rings (SSSR count). The van der Waals surface area contributed by atoms with Crippen LogP contribution in [0.25, 0.3) is 5.69 Å². The molecule has 0 saturated carbocycles. The van der Waals surface area contributed by atoms with Crippen molar-refractivity contribution in [1.29, 1.82) is 0 Å². The van der Waals surface area contributed by atoms with Gasteiger partial charge in [-0.25, -0.2) is 4.68 Å². The molecule has 1 aromatic heterocycles. The Morgan fingerprint density at radius 1 is 1.11 bits per heavy atom. The zero-order chi connectivity index (χ0) is 19.4. The standard InChI is InChI=1S/C21H23N3O3/c1-14(18-12-17(26-3)10-11-20(18)27-4)23-21(25)19-13-22-24(15(19)2)16-8-6-5-7-9-16/h5-14H,1-4H3,(H,23,25). The van der Waals surface area contributed by atoms with Gasteiger partial charge < -0.3 is 14.8 Å². The van der Waals surface area contributed by atoms with Crippen LogP contribution in [0, 0.1) is 6.92 Å². The third-order valence-electron chi connectivity index (χ3n) is 4.51. The molecule has 1 unspecified atom stereocenters. The van der Waals surface area contributed by atoms with Crippen molar-refractivity contribution in [3.05, 3.63) is 71.5 Å². The van der Waals surface area contributed by atoms with Crippen molar-refractivity contribution in [2.45, 2.75) is 19.9 Å². The Balaban J connectivity index is 1.83. The van der Waals surface area contributed by atoms with E-state index in [-0.39, 0.29) is 11.9 Å². The van der Waals surface area contributed by atoms with E-state index in [9.17, 15) is 4.79 Å². The molecule has 1 heterocycles. The van der Waals surface area contributed by atoms with E-state index in [0.29, 0.717) is 17.1 Å². The van der Waals surface area contributed by atoms with Crippen molar-refractivity contribution >= 4 is 5.91 Å². The van der Waals surface area contributed by atoms with Crippen LogP contribution in [0.2, 0.25) is 0 Å². The molecular formula is C21H23N3O3. The monoisotopic (exact) mass is 365 g/mol. The molecule has 1 amide bonds. The number of hydrogen-bond donors (Lipinski definition) is 1. The summed E-state index contributed by atoms with van der Waals surface area (Å²) < 4.78 is 12.5. The van der Waals surface area contributed by atoms with Crippen molar-refractivity contribution in [3.8, 4) is 17.2 Å². The normalized spacial score (nSPS) is 11.7. The van der Waals surface area contributed by atoms with Crippen LogP contribution in [0.5, 0.6) is 11.5 Å². The predicted molar refractivity (Wildman–Crippen MR) is 104 cm³/mol. The number of ether oxygens (including phenoxy) is 2. The quantitative estimate of drug-likeness (QED) is 0.724. The molecule has 0 aliphatic rings. The SMILES string of the molecule is COc1ccc(OC)c(C(C)NC(=O)c2cnn(-c3ccccc3)c2C)c1. The fraction of sp³-hybridized carbons (Fsp3) is 0.238. The zero-order valence-electron chi connectivity index (χ0n) is 15.9. The number of nitrogens with one attached hydrogen (secondary N) is 1. The van der Waals surface area contributed by atoms with E-state index in [2.05, 4.69) is 10.4 Å². The number of aromatic nitrogens is 2. The molecule has 0 spiro atoms. The zero-order valence-corrected chi connectivity index (χ0v) is 15.9. The number of nitrogens with zero attached hydrogens (tertiary/aromatic N) is 2. The van der Waals surface area contributed by atoms with Gasteiger partial charge in [0, 0.05) is 5.56 Å². The lowest BCUT2D eigenvalue weighted by molar-refractivity contribution is 0.0939. The van der Waals surface area contributed by atoms with Crippen LogP contribution < -0.4 is 14.8 Å². The maximum atomic E-state index is 12.8. The summed E-state index contributed by atoms with van der Waals surface area (Å²) in [6.07, 6.45) is 1.59. The van der Waals surface area contributed by atoms with Crippen LogP contribution in [0.4, 0.5) is 0 Å². The van der Waals surface area contributed by atoms with Gasteiger partial charge in [0.1, 0.15) is 11.5 Å². The Morgan fingerprint density at radius 3 is 2.52 bits per heavy atom. The molecule has 0 aliphatic heterocycles. The summed E-state index contributed by atoms with van der Waals surface area (Å²) in [6.45, 7) is 3.79. The molecule has 0 fully saturated rings. The number of hydrogen-bond acceptors (Lipinski definition) is 4. The van der Waals surface area contributed by atoms with E-state index >= 15 is 0 Å². The highest BCUT2D eigenvalue weighted by Crippen LogP contribution is 2.29. The lowest BCUT2D eigenvalue weighted by atomic mass is 10.1. The van der Waals surface area contributed by atoms with Gasteiger partial charge in [0.25, 0.3) is 5.91 Å². The number of amides is 1. The molecular weight excluding hydrogens is 342 g/mol. The first kappa shape index (κ1) is 18.5. The average Bonchev–Trinajstić information content (AvgIpc) is 3.09. The maximum absolute atomic E-state index is 12.8. The van der Waals surface area contributed by atoms with Gasteiger partial charge in [-0.15, -0.1) is 0 Å². The first-order valence-corrected chi connectivity index (χ1v) is 8.68. The predicted octanol–water partition coefficient (Wildman–Crippen LogP) is 3.69. The average molecular weight is 365 g/mol. The number of benzene rings is 2. The van der Waals surface area contributed by atoms with Gasteiger partial charge in [-0.3, -0.25) is 4.79 Å². The first-order chi connectivity index (χ1) is 13.0.